The minimum Gasteiger partial charge on any atom is -0.309 e. The minimum absolute atomic E-state index is 0.0543. The zero-order valence-corrected chi connectivity index (χ0v) is 59.4. The number of hydrogen-bond acceptors (Lipinski definition) is 0. The van der Waals surface area contributed by atoms with E-state index in [-0.39, 0.29) is 10.8 Å². The third kappa shape index (κ3) is 9.27. The van der Waals surface area contributed by atoms with Gasteiger partial charge < -0.3 is 18.3 Å². The van der Waals surface area contributed by atoms with Crippen molar-refractivity contribution in [1.29, 1.82) is 0 Å². The van der Waals surface area contributed by atoms with Crippen LogP contribution in [-0.2, 0) is 10.8 Å². The molecule has 4 heteroatoms. The van der Waals surface area contributed by atoms with Gasteiger partial charge in [0, 0.05) is 70.9 Å². The summed E-state index contributed by atoms with van der Waals surface area (Å²) >= 11 is 0. The SMILES string of the molecule is CC1(C)c2ccccc2-c2ccc(-n3c4ccccc4c4cc(-c5ccc6c(c5)c5ccccc5n6-c5ccc(-c6ccccc6)cc5)ccc43)cc21.CC1(C)c2ccccc2-c2cccc(-n3c4ccccc4c4cc(-c5ccc6c(c5)c5ccccc5n6-c5ccccc5-c5ccccc5)ccc43)c21. The second kappa shape index (κ2) is 23.6. The summed E-state index contributed by atoms with van der Waals surface area (Å²) in [6.45, 7) is 9.46. The van der Waals surface area contributed by atoms with E-state index in [2.05, 4.69) is 410 Å². The van der Waals surface area contributed by atoms with Crippen LogP contribution in [0.1, 0.15) is 49.9 Å². The maximum absolute atomic E-state index is 2.50. The van der Waals surface area contributed by atoms with Crippen LogP contribution < -0.4 is 0 Å². The number of para-hydroxylation sites is 5. The quantitative estimate of drug-likeness (QED) is 0.144. The number of fused-ring (bicyclic) bond motifs is 18. The van der Waals surface area contributed by atoms with Gasteiger partial charge in [-0.2, -0.15) is 0 Å². The van der Waals surface area contributed by atoms with Crippen molar-refractivity contribution < 1.29 is 0 Å². The summed E-state index contributed by atoms with van der Waals surface area (Å²) in [5.41, 5.74) is 35.1. The summed E-state index contributed by atoms with van der Waals surface area (Å²) in [6.07, 6.45) is 0. The van der Waals surface area contributed by atoms with E-state index in [9.17, 15) is 0 Å². The van der Waals surface area contributed by atoms with Crippen molar-refractivity contribution in [1.82, 2.24) is 18.3 Å². The number of benzene rings is 16. The van der Waals surface area contributed by atoms with E-state index in [1.165, 1.54) is 193 Å². The van der Waals surface area contributed by atoms with Crippen molar-refractivity contribution in [2.75, 3.05) is 0 Å². The van der Waals surface area contributed by atoms with Gasteiger partial charge in [0.1, 0.15) is 0 Å². The highest BCUT2D eigenvalue weighted by molar-refractivity contribution is 6.15. The van der Waals surface area contributed by atoms with E-state index >= 15 is 0 Å². The number of aromatic nitrogens is 4. The first-order chi connectivity index (χ1) is 52.1. The van der Waals surface area contributed by atoms with Gasteiger partial charge in [0.25, 0.3) is 0 Å². The largest absolute Gasteiger partial charge is 0.309 e. The molecule has 0 spiro atoms. The standard InChI is InChI=1S/2C51H36N2/c1-51(2)43-22-10-6-18-37(43)40-21-14-26-49(50(40)51)53-46-25-13-9-20-39(46)42-32-35(28-30-48(42)53)34-27-29-47-41(31-34)38-19-8-12-24-45(38)52(47)44-23-11-7-17-36(44)33-15-4-3-5-16-33;1-51(2)45-17-9-6-14-39(45)40-27-26-38(32-46(40)51)53-48-19-11-8-16-42(48)44-31-36(23-29-50(44)53)35-22-28-49-43(30-35)41-15-7-10-18-47(41)52(49)37-24-20-34(21-25-37)33-12-4-3-5-13-33/h2*3-32H,1-2H3. The summed E-state index contributed by atoms with van der Waals surface area (Å²) in [7, 11) is 0. The van der Waals surface area contributed by atoms with Gasteiger partial charge in [0.05, 0.1) is 55.5 Å². The van der Waals surface area contributed by atoms with Gasteiger partial charge in [-0.25, -0.2) is 0 Å². The van der Waals surface area contributed by atoms with Gasteiger partial charge in [-0.15, -0.1) is 0 Å². The van der Waals surface area contributed by atoms with Crippen LogP contribution in [0, 0.1) is 0 Å². The Labute approximate surface area is 615 Å². The molecule has 0 unspecified atom stereocenters. The summed E-state index contributed by atoms with van der Waals surface area (Å²) in [5.74, 6) is 0. The molecule has 16 aromatic carbocycles. The number of nitrogens with zero attached hydrogens (tertiary/aromatic N) is 4. The van der Waals surface area contributed by atoms with E-state index in [0.717, 1.165) is 5.69 Å². The van der Waals surface area contributed by atoms with Crippen LogP contribution in [0.3, 0.4) is 0 Å². The molecule has 0 amide bonds. The lowest BCUT2D eigenvalue weighted by Gasteiger charge is -2.25. The molecule has 0 saturated carbocycles. The second-order valence-electron chi connectivity index (χ2n) is 29.9. The third-order valence-corrected chi connectivity index (χ3v) is 23.4. The fraction of sp³-hybridized carbons (Fsp3) is 0.0588. The van der Waals surface area contributed by atoms with Gasteiger partial charge in [0.2, 0.25) is 0 Å². The topological polar surface area (TPSA) is 19.7 Å². The monoisotopic (exact) mass is 1350 g/mol. The summed E-state index contributed by atoms with van der Waals surface area (Å²) in [5, 5.41) is 10.1. The molecule has 0 atom stereocenters. The molecule has 2 aliphatic rings. The van der Waals surface area contributed by atoms with Crippen LogP contribution in [0.4, 0.5) is 0 Å². The Hall–Kier alpha value is -13.3. The highest BCUT2D eigenvalue weighted by Gasteiger charge is 2.39. The third-order valence-electron chi connectivity index (χ3n) is 23.4. The smallest absolute Gasteiger partial charge is 0.0541 e. The lowest BCUT2D eigenvalue weighted by Crippen LogP contribution is -2.17. The molecule has 4 heterocycles. The summed E-state index contributed by atoms with van der Waals surface area (Å²) in [6, 6.07) is 134. The molecule has 4 aromatic heterocycles. The van der Waals surface area contributed by atoms with Gasteiger partial charge in [-0.1, -0.05) is 282 Å². The van der Waals surface area contributed by atoms with Crippen LogP contribution in [0.5, 0.6) is 0 Å². The van der Waals surface area contributed by atoms with Crippen molar-refractivity contribution in [3.63, 3.8) is 0 Å². The van der Waals surface area contributed by atoms with E-state index in [0.29, 0.717) is 0 Å². The van der Waals surface area contributed by atoms with Crippen LogP contribution in [0.2, 0.25) is 0 Å². The first-order valence-corrected chi connectivity index (χ1v) is 37.1. The first kappa shape index (κ1) is 61.4. The predicted molar refractivity (Wildman–Crippen MR) is 447 cm³/mol. The lowest BCUT2D eigenvalue weighted by molar-refractivity contribution is 0.656. The fourth-order valence-corrected chi connectivity index (χ4v) is 18.5. The van der Waals surface area contributed by atoms with E-state index in [1.54, 1.807) is 0 Å². The van der Waals surface area contributed by atoms with Gasteiger partial charge in [0.15, 0.2) is 0 Å². The number of rotatable bonds is 8. The van der Waals surface area contributed by atoms with Crippen LogP contribution >= 0.6 is 0 Å². The Morgan fingerprint density at radius 2 is 0.509 bits per heavy atom. The summed E-state index contributed by atoms with van der Waals surface area (Å²) < 4.78 is 9.79. The molecule has 0 N–H and O–H groups in total. The molecule has 106 heavy (non-hydrogen) atoms. The molecule has 500 valence electrons. The molecular formula is C102H72N4. The van der Waals surface area contributed by atoms with Crippen molar-refractivity contribution in [3.05, 3.63) is 386 Å². The lowest BCUT2D eigenvalue weighted by atomic mass is 9.81. The van der Waals surface area contributed by atoms with Crippen molar-refractivity contribution >= 4 is 87.2 Å². The Kier molecular flexibility index (Phi) is 13.7. The number of hydrogen-bond donors (Lipinski definition) is 0. The highest BCUT2D eigenvalue weighted by atomic mass is 15.0. The Balaban J connectivity index is 0.000000136. The predicted octanol–water partition coefficient (Wildman–Crippen LogP) is 27.0. The van der Waals surface area contributed by atoms with Gasteiger partial charge in [-0.3, -0.25) is 0 Å². The highest BCUT2D eigenvalue weighted by Crippen LogP contribution is 2.53. The molecular weight excluding hydrogens is 1280 g/mol. The average molecular weight is 1350 g/mol. The Bertz CT molecular complexity index is 6990. The molecule has 20 aromatic rings. The minimum atomic E-state index is -0.115. The molecule has 0 aliphatic heterocycles. The first-order valence-electron chi connectivity index (χ1n) is 37.1. The van der Waals surface area contributed by atoms with Crippen molar-refractivity contribution in [2.45, 2.75) is 38.5 Å². The average Bonchev–Trinajstić information content (AvgIpc) is 1.57. The fourth-order valence-electron chi connectivity index (χ4n) is 18.5. The maximum atomic E-state index is 2.50. The zero-order valence-electron chi connectivity index (χ0n) is 59.4. The molecule has 0 radical (unpaired) electrons. The van der Waals surface area contributed by atoms with E-state index in [1.807, 2.05) is 0 Å². The van der Waals surface area contributed by atoms with Crippen LogP contribution in [0.25, 0.3) is 177 Å². The molecule has 0 saturated heterocycles. The van der Waals surface area contributed by atoms with E-state index < -0.39 is 0 Å². The normalized spacial score (nSPS) is 13.2. The van der Waals surface area contributed by atoms with Crippen LogP contribution in [0.15, 0.2) is 364 Å². The van der Waals surface area contributed by atoms with Gasteiger partial charge in [-0.05, 0) is 193 Å². The van der Waals surface area contributed by atoms with Gasteiger partial charge >= 0.3 is 0 Å². The molecule has 0 fully saturated rings. The van der Waals surface area contributed by atoms with E-state index in [4.69, 9.17) is 0 Å². The molecule has 22 rings (SSSR count). The molecule has 2 aliphatic carbocycles. The zero-order chi connectivity index (χ0) is 70.5. The Morgan fingerprint density at radius 1 is 0.179 bits per heavy atom. The summed E-state index contributed by atoms with van der Waals surface area (Å²) in [4.78, 5) is 0. The maximum Gasteiger partial charge on any atom is 0.0541 e. The van der Waals surface area contributed by atoms with Crippen LogP contribution in [-0.4, -0.2) is 18.3 Å². The Morgan fingerprint density at radius 3 is 1.03 bits per heavy atom. The second-order valence-corrected chi connectivity index (χ2v) is 29.9. The molecule has 4 nitrogen and oxygen atoms in total. The van der Waals surface area contributed by atoms with Crippen molar-refractivity contribution in [2.24, 2.45) is 0 Å². The van der Waals surface area contributed by atoms with Crippen molar-refractivity contribution in [3.8, 4) is 89.5 Å². The molecule has 0 bridgehead atoms.